The number of amides is 1. The normalized spacial score (nSPS) is 19.1. The van der Waals surface area contributed by atoms with Crippen LogP contribution in [0.1, 0.15) is 73.3 Å². The smallest absolute Gasteiger partial charge is 0.303 e. The summed E-state index contributed by atoms with van der Waals surface area (Å²) in [6.45, 7) is 2.86. The summed E-state index contributed by atoms with van der Waals surface area (Å²) in [5.41, 5.74) is 4.46. The third-order valence-corrected chi connectivity index (χ3v) is 8.26. The van der Waals surface area contributed by atoms with Crippen LogP contribution in [-0.2, 0) is 25.7 Å². The Hall–Kier alpha value is -4.08. The molecule has 4 aromatic rings. The Balaban J connectivity index is 1.33. The monoisotopic (exact) mass is 596 g/mol. The maximum atomic E-state index is 12.4. The average Bonchev–Trinajstić information content (AvgIpc) is 3.04. The molecule has 0 aliphatic carbocycles. The lowest BCUT2D eigenvalue weighted by atomic mass is 9.98. The maximum Gasteiger partial charge on any atom is 0.303 e. The molecule has 1 saturated heterocycles. The topological polar surface area (TPSA) is 108 Å². The van der Waals surface area contributed by atoms with Gasteiger partial charge in [0.15, 0.2) is 6.29 Å². The number of carbonyl (C=O) groups excluding carboxylic acids is 1. The number of likely N-dealkylation sites (N-methyl/N-ethyl adjacent to an activating group) is 1. The van der Waals surface area contributed by atoms with Crippen LogP contribution in [0.4, 0.5) is 5.69 Å². The Bertz CT molecular complexity index is 1570. The molecule has 4 unspecified atom stereocenters. The van der Waals surface area contributed by atoms with Crippen molar-refractivity contribution in [2.24, 2.45) is 0 Å². The number of rotatable bonds is 12. The number of aliphatic hydroxyl groups excluding tert-OH is 1. The highest BCUT2D eigenvalue weighted by Gasteiger charge is 2.33. The van der Waals surface area contributed by atoms with Crippen molar-refractivity contribution in [3.05, 3.63) is 113 Å². The largest absolute Gasteiger partial charge is 0.481 e. The summed E-state index contributed by atoms with van der Waals surface area (Å²) in [5.74, 6) is -1.16. The van der Waals surface area contributed by atoms with E-state index in [1.165, 1.54) is 16.3 Å². The van der Waals surface area contributed by atoms with E-state index in [4.69, 9.17) is 14.6 Å². The highest BCUT2D eigenvalue weighted by Crippen LogP contribution is 2.39. The molecular formula is C36H40N2O6. The zero-order chi connectivity index (χ0) is 31.1. The lowest BCUT2D eigenvalue weighted by molar-refractivity contribution is -0.253. The predicted octanol–water partition coefficient (Wildman–Crippen LogP) is 6.76. The molecule has 230 valence electrons. The first-order valence-corrected chi connectivity index (χ1v) is 15.1. The summed E-state index contributed by atoms with van der Waals surface area (Å²) in [7, 11) is 2.11. The minimum atomic E-state index is -0.918. The van der Waals surface area contributed by atoms with Crippen LogP contribution >= 0.6 is 0 Å². The van der Waals surface area contributed by atoms with E-state index >= 15 is 0 Å². The van der Waals surface area contributed by atoms with Gasteiger partial charge in [-0.2, -0.15) is 0 Å². The number of nitrogens with one attached hydrogen (secondary N) is 1. The van der Waals surface area contributed by atoms with Crippen LogP contribution in [0.2, 0.25) is 0 Å². The zero-order valence-corrected chi connectivity index (χ0v) is 25.2. The van der Waals surface area contributed by atoms with Crippen LogP contribution < -0.4 is 5.32 Å². The van der Waals surface area contributed by atoms with Gasteiger partial charge in [-0.15, -0.1) is 0 Å². The number of aliphatic carboxylic acids is 1. The molecule has 1 aliphatic heterocycles. The Morgan fingerprint density at radius 1 is 0.909 bits per heavy atom. The van der Waals surface area contributed by atoms with E-state index < -0.39 is 12.3 Å². The first-order valence-electron chi connectivity index (χ1n) is 15.1. The van der Waals surface area contributed by atoms with Crippen LogP contribution in [0.3, 0.4) is 0 Å². The summed E-state index contributed by atoms with van der Waals surface area (Å²) >= 11 is 0. The van der Waals surface area contributed by atoms with Gasteiger partial charge in [-0.25, -0.2) is 0 Å². The van der Waals surface area contributed by atoms with Gasteiger partial charge in [0.1, 0.15) is 0 Å². The summed E-state index contributed by atoms with van der Waals surface area (Å²) < 4.78 is 13.1. The van der Waals surface area contributed by atoms with E-state index in [0.29, 0.717) is 18.7 Å². The van der Waals surface area contributed by atoms with Crippen molar-refractivity contribution in [3.63, 3.8) is 0 Å². The maximum absolute atomic E-state index is 12.4. The second-order valence-corrected chi connectivity index (χ2v) is 11.5. The van der Waals surface area contributed by atoms with Gasteiger partial charge in [-0.1, -0.05) is 72.8 Å². The fourth-order valence-corrected chi connectivity index (χ4v) is 5.62. The van der Waals surface area contributed by atoms with E-state index in [0.717, 1.165) is 16.7 Å². The van der Waals surface area contributed by atoms with Gasteiger partial charge in [-0.05, 0) is 66.1 Å². The minimum absolute atomic E-state index is 0.0214. The number of benzene rings is 4. The summed E-state index contributed by atoms with van der Waals surface area (Å²) in [6, 6.07) is 30.3. The second kappa shape index (κ2) is 14.6. The molecular weight excluding hydrogens is 556 g/mol. The van der Waals surface area contributed by atoms with Crippen LogP contribution in [0.15, 0.2) is 91.0 Å². The number of fused-ring (bicyclic) bond motifs is 1. The van der Waals surface area contributed by atoms with Crippen molar-refractivity contribution in [1.82, 2.24) is 4.90 Å². The van der Waals surface area contributed by atoms with Gasteiger partial charge in [-0.3, -0.25) is 14.5 Å². The first-order chi connectivity index (χ1) is 21.3. The standard InChI is InChI=1S/C36H40N2O6/c1-24(28-18-17-26-7-3-4-8-29(26)19-28)38(2)22-32-21-33(27-15-13-25(23-39)14-16-27)44-36(43-32)30-9-5-10-31(20-30)37-34(40)11-6-12-35(41)42/h3-5,7-10,13-20,24,32-33,36,39H,6,11-12,21-23H2,1-2H3,(H,37,40)(H,41,42). The summed E-state index contributed by atoms with van der Waals surface area (Å²) in [4.78, 5) is 25.5. The highest BCUT2D eigenvalue weighted by atomic mass is 16.7. The average molecular weight is 597 g/mol. The van der Waals surface area contributed by atoms with E-state index in [1.807, 2.05) is 42.5 Å². The fraction of sp³-hybridized carbons (Fsp3) is 0.333. The van der Waals surface area contributed by atoms with E-state index in [-0.39, 0.29) is 50.0 Å². The lowest BCUT2D eigenvalue weighted by Crippen LogP contribution is -2.38. The molecule has 0 aromatic heterocycles. The Morgan fingerprint density at radius 3 is 2.43 bits per heavy atom. The number of anilines is 1. The number of hydrogen-bond acceptors (Lipinski definition) is 6. The summed E-state index contributed by atoms with van der Waals surface area (Å²) in [6.07, 6.45) is -0.0214. The number of nitrogens with zero attached hydrogens (tertiary/aromatic N) is 1. The van der Waals surface area contributed by atoms with Gasteiger partial charge in [0.2, 0.25) is 5.91 Å². The van der Waals surface area contributed by atoms with Crippen molar-refractivity contribution < 1.29 is 29.3 Å². The van der Waals surface area contributed by atoms with Gasteiger partial charge in [0.25, 0.3) is 0 Å². The van der Waals surface area contributed by atoms with E-state index in [9.17, 15) is 14.7 Å². The molecule has 1 aliphatic rings. The first kappa shape index (κ1) is 31.3. The highest BCUT2D eigenvalue weighted by molar-refractivity contribution is 5.91. The number of hydrogen-bond donors (Lipinski definition) is 3. The SMILES string of the molecule is CC(c1ccc2ccccc2c1)N(C)CC1CC(c2ccc(CO)cc2)OC(c2cccc(NC(=O)CCCC(=O)O)c2)O1. The number of aliphatic hydroxyl groups is 1. The van der Waals surface area contributed by atoms with Crippen molar-refractivity contribution in [2.45, 2.75) is 63.8 Å². The van der Waals surface area contributed by atoms with Crippen molar-refractivity contribution >= 4 is 28.3 Å². The molecule has 1 amide bonds. The molecule has 0 saturated carbocycles. The molecule has 5 rings (SSSR count). The van der Waals surface area contributed by atoms with Crippen molar-refractivity contribution in [3.8, 4) is 0 Å². The lowest BCUT2D eigenvalue weighted by Gasteiger charge is -2.39. The van der Waals surface area contributed by atoms with E-state index in [1.54, 1.807) is 6.07 Å². The summed E-state index contributed by atoms with van der Waals surface area (Å²) in [5, 5.41) is 23.7. The molecule has 1 heterocycles. The van der Waals surface area contributed by atoms with Crippen molar-refractivity contribution in [1.29, 1.82) is 0 Å². The molecule has 8 nitrogen and oxygen atoms in total. The van der Waals surface area contributed by atoms with Gasteiger partial charge >= 0.3 is 5.97 Å². The zero-order valence-electron chi connectivity index (χ0n) is 25.2. The van der Waals surface area contributed by atoms with Crippen LogP contribution in [0.5, 0.6) is 0 Å². The van der Waals surface area contributed by atoms with Crippen LogP contribution in [-0.4, -0.2) is 46.7 Å². The molecule has 8 heteroatoms. The number of ether oxygens (including phenoxy) is 2. The Labute approximate surface area is 258 Å². The predicted molar refractivity (Wildman–Crippen MR) is 170 cm³/mol. The molecule has 0 radical (unpaired) electrons. The Kier molecular flexibility index (Phi) is 10.4. The molecule has 0 spiro atoms. The molecule has 4 atom stereocenters. The van der Waals surface area contributed by atoms with Gasteiger partial charge < -0.3 is 25.0 Å². The number of carbonyl (C=O) groups is 2. The second-order valence-electron chi connectivity index (χ2n) is 11.5. The van der Waals surface area contributed by atoms with Crippen molar-refractivity contribution in [2.75, 3.05) is 18.9 Å². The van der Waals surface area contributed by atoms with Crippen LogP contribution in [0.25, 0.3) is 10.8 Å². The molecule has 1 fully saturated rings. The fourth-order valence-electron chi connectivity index (χ4n) is 5.62. The van der Waals surface area contributed by atoms with E-state index in [2.05, 4.69) is 66.7 Å². The van der Waals surface area contributed by atoms with Gasteiger partial charge in [0, 0.05) is 43.1 Å². The Morgan fingerprint density at radius 2 is 1.68 bits per heavy atom. The number of carboxylic acids is 1. The third-order valence-electron chi connectivity index (χ3n) is 8.26. The van der Waals surface area contributed by atoms with Gasteiger partial charge in [0.05, 0.1) is 18.8 Å². The number of carboxylic acid groups (broad SMARTS) is 1. The molecule has 4 aromatic carbocycles. The molecule has 3 N–H and O–H groups in total. The van der Waals surface area contributed by atoms with Crippen LogP contribution in [0, 0.1) is 0 Å². The molecule has 44 heavy (non-hydrogen) atoms. The third kappa shape index (κ3) is 8.09. The molecule has 0 bridgehead atoms. The quantitative estimate of drug-likeness (QED) is 0.166. The minimum Gasteiger partial charge on any atom is -0.481 e.